The van der Waals surface area contributed by atoms with Crippen LogP contribution >= 0.6 is 0 Å². The van der Waals surface area contributed by atoms with Crippen molar-refractivity contribution in [2.24, 2.45) is 0 Å². The van der Waals surface area contributed by atoms with Crippen molar-refractivity contribution >= 4 is 5.97 Å². The molecule has 13 heavy (non-hydrogen) atoms. The van der Waals surface area contributed by atoms with Gasteiger partial charge in [-0.2, -0.15) is 0 Å². The molecule has 0 bridgehead atoms. The molecule has 2 atom stereocenters. The molecular formula is C8H13NO4. The van der Waals surface area contributed by atoms with Crippen LogP contribution in [0.3, 0.4) is 0 Å². The number of carbonyl (C=O) groups is 1. The lowest BCUT2D eigenvalue weighted by Crippen LogP contribution is -2.32. The van der Waals surface area contributed by atoms with E-state index in [0.717, 1.165) is 12.8 Å². The van der Waals surface area contributed by atoms with Gasteiger partial charge in [0.25, 0.3) is 0 Å². The van der Waals surface area contributed by atoms with E-state index in [4.69, 9.17) is 4.74 Å². The number of nitro groups is 1. The summed E-state index contributed by atoms with van der Waals surface area (Å²) in [7, 11) is 0. The van der Waals surface area contributed by atoms with Crippen LogP contribution in [0, 0.1) is 10.1 Å². The van der Waals surface area contributed by atoms with Gasteiger partial charge in [-0.15, -0.1) is 0 Å². The smallest absolute Gasteiger partial charge is 0.302 e. The first-order valence-corrected chi connectivity index (χ1v) is 4.40. The zero-order valence-corrected chi connectivity index (χ0v) is 7.56. The summed E-state index contributed by atoms with van der Waals surface area (Å²) in [5, 5.41) is 10.5. The zero-order valence-electron chi connectivity index (χ0n) is 7.56. The Bertz CT molecular complexity index is 216. The van der Waals surface area contributed by atoms with E-state index in [9.17, 15) is 14.9 Å². The molecule has 0 aromatic heterocycles. The molecule has 5 nitrogen and oxygen atoms in total. The molecule has 0 aromatic rings. The lowest BCUT2D eigenvalue weighted by atomic mass is 9.93. The first-order chi connectivity index (χ1) is 6.09. The molecule has 0 spiro atoms. The minimum atomic E-state index is -0.530. The van der Waals surface area contributed by atoms with Crippen LogP contribution < -0.4 is 0 Å². The third-order valence-electron chi connectivity index (χ3n) is 2.23. The Morgan fingerprint density at radius 3 is 2.77 bits per heavy atom. The SMILES string of the molecule is CC(=O)OC1CCCC([N+](=O)[O-])C1. The number of nitrogens with zero attached hydrogens (tertiary/aromatic N) is 1. The molecule has 74 valence electrons. The first kappa shape index (κ1) is 9.95. The second-order valence-electron chi connectivity index (χ2n) is 3.34. The molecular weight excluding hydrogens is 174 g/mol. The molecule has 1 aliphatic rings. The lowest BCUT2D eigenvalue weighted by Gasteiger charge is -2.23. The third kappa shape index (κ3) is 3.01. The summed E-state index contributed by atoms with van der Waals surface area (Å²) in [6.45, 7) is 1.33. The predicted molar refractivity (Wildman–Crippen MR) is 44.8 cm³/mol. The van der Waals surface area contributed by atoms with Gasteiger partial charge in [0.1, 0.15) is 6.10 Å². The normalized spacial score (nSPS) is 28.1. The Balaban J connectivity index is 2.41. The first-order valence-electron chi connectivity index (χ1n) is 4.40. The predicted octanol–water partition coefficient (Wildman–Crippen LogP) is 1.14. The second kappa shape index (κ2) is 4.20. The monoisotopic (exact) mass is 187 g/mol. The molecule has 2 unspecified atom stereocenters. The largest absolute Gasteiger partial charge is 0.462 e. The Morgan fingerprint density at radius 2 is 2.23 bits per heavy atom. The summed E-state index contributed by atoms with van der Waals surface area (Å²) in [5.74, 6) is -0.353. The summed E-state index contributed by atoms with van der Waals surface area (Å²) in [6, 6.07) is -0.530. The fourth-order valence-electron chi connectivity index (χ4n) is 1.65. The number of ether oxygens (including phenoxy) is 1. The molecule has 1 saturated carbocycles. The van der Waals surface area contributed by atoms with E-state index in [-0.39, 0.29) is 17.0 Å². The Labute approximate surface area is 76.2 Å². The summed E-state index contributed by atoms with van der Waals surface area (Å²) in [5.41, 5.74) is 0. The maximum atomic E-state index is 10.6. The van der Waals surface area contributed by atoms with Gasteiger partial charge in [0.05, 0.1) is 6.42 Å². The molecule has 5 heteroatoms. The highest BCUT2D eigenvalue weighted by Gasteiger charge is 2.30. The molecule has 0 N–H and O–H groups in total. The summed E-state index contributed by atoms with van der Waals surface area (Å²) in [4.78, 5) is 20.8. The quantitative estimate of drug-likeness (QED) is 0.369. The van der Waals surface area contributed by atoms with E-state index in [0.29, 0.717) is 12.8 Å². The van der Waals surface area contributed by atoms with Crippen LogP contribution in [0.5, 0.6) is 0 Å². The van der Waals surface area contributed by atoms with Crippen LogP contribution in [0.15, 0.2) is 0 Å². The van der Waals surface area contributed by atoms with Crippen molar-refractivity contribution < 1.29 is 14.5 Å². The van der Waals surface area contributed by atoms with Gasteiger partial charge in [-0.05, 0) is 12.8 Å². The summed E-state index contributed by atoms with van der Waals surface area (Å²) < 4.78 is 4.93. The maximum Gasteiger partial charge on any atom is 0.302 e. The van der Waals surface area contributed by atoms with E-state index in [1.165, 1.54) is 6.92 Å². The molecule has 0 amide bonds. The average molecular weight is 187 g/mol. The Hall–Kier alpha value is -1.13. The van der Waals surface area contributed by atoms with Gasteiger partial charge in [-0.1, -0.05) is 0 Å². The van der Waals surface area contributed by atoms with Crippen molar-refractivity contribution in [1.29, 1.82) is 0 Å². The van der Waals surface area contributed by atoms with Crippen LogP contribution in [0.2, 0.25) is 0 Å². The standard InChI is InChI=1S/C8H13NO4/c1-6(10)13-8-4-2-3-7(5-8)9(11)12/h7-8H,2-5H2,1H3. The Morgan fingerprint density at radius 1 is 1.54 bits per heavy atom. The van der Waals surface area contributed by atoms with Crippen molar-refractivity contribution in [1.82, 2.24) is 0 Å². The minimum Gasteiger partial charge on any atom is -0.462 e. The van der Waals surface area contributed by atoms with Crippen molar-refractivity contribution in [3.05, 3.63) is 10.1 Å². The lowest BCUT2D eigenvalue weighted by molar-refractivity contribution is -0.528. The van der Waals surface area contributed by atoms with Crippen molar-refractivity contribution in [3.63, 3.8) is 0 Å². The van der Waals surface area contributed by atoms with Crippen LogP contribution in [0.4, 0.5) is 0 Å². The third-order valence-corrected chi connectivity index (χ3v) is 2.23. The highest BCUT2D eigenvalue weighted by molar-refractivity contribution is 5.66. The molecule has 0 radical (unpaired) electrons. The van der Waals surface area contributed by atoms with Crippen LogP contribution in [0.1, 0.15) is 32.6 Å². The van der Waals surface area contributed by atoms with Gasteiger partial charge >= 0.3 is 5.97 Å². The summed E-state index contributed by atoms with van der Waals surface area (Å²) >= 11 is 0. The van der Waals surface area contributed by atoms with Gasteiger partial charge in [0.2, 0.25) is 6.04 Å². The number of esters is 1. The Kier molecular flexibility index (Phi) is 3.22. The molecule has 1 fully saturated rings. The average Bonchev–Trinajstić information content (AvgIpc) is 2.03. The van der Waals surface area contributed by atoms with Gasteiger partial charge in [0, 0.05) is 18.3 Å². The highest BCUT2D eigenvalue weighted by Crippen LogP contribution is 2.22. The van der Waals surface area contributed by atoms with E-state index in [2.05, 4.69) is 0 Å². The molecule has 1 aliphatic carbocycles. The summed E-state index contributed by atoms with van der Waals surface area (Å²) in [6.07, 6.45) is 2.24. The number of rotatable bonds is 2. The topological polar surface area (TPSA) is 69.4 Å². The maximum absolute atomic E-state index is 10.6. The fourth-order valence-corrected chi connectivity index (χ4v) is 1.65. The van der Waals surface area contributed by atoms with Crippen LogP contribution in [-0.4, -0.2) is 23.0 Å². The van der Waals surface area contributed by atoms with Crippen LogP contribution in [0.25, 0.3) is 0 Å². The van der Waals surface area contributed by atoms with Gasteiger partial charge < -0.3 is 4.74 Å². The molecule has 0 aromatic carbocycles. The van der Waals surface area contributed by atoms with E-state index < -0.39 is 6.04 Å². The van der Waals surface area contributed by atoms with Crippen molar-refractivity contribution in [2.45, 2.75) is 44.8 Å². The van der Waals surface area contributed by atoms with Gasteiger partial charge in [-0.25, -0.2) is 0 Å². The highest BCUT2D eigenvalue weighted by atomic mass is 16.6. The van der Waals surface area contributed by atoms with Gasteiger partial charge in [-0.3, -0.25) is 14.9 Å². The molecule has 0 heterocycles. The number of carbonyl (C=O) groups excluding carboxylic acids is 1. The second-order valence-corrected chi connectivity index (χ2v) is 3.34. The van der Waals surface area contributed by atoms with Crippen molar-refractivity contribution in [3.8, 4) is 0 Å². The number of hydrogen-bond acceptors (Lipinski definition) is 4. The van der Waals surface area contributed by atoms with Gasteiger partial charge in [0.15, 0.2) is 0 Å². The molecule has 0 aliphatic heterocycles. The van der Waals surface area contributed by atoms with E-state index in [1.807, 2.05) is 0 Å². The van der Waals surface area contributed by atoms with Crippen molar-refractivity contribution in [2.75, 3.05) is 0 Å². The molecule has 1 rings (SSSR count). The van der Waals surface area contributed by atoms with E-state index in [1.54, 1.807) is 0 Å². The zero-order chi connectivity index (χ0) is 9.84. The fraction of sp³-hybridized carbons (Fsp3) is 0.875. The molecule has 0 saturated heterocycles. The number of hydrogen-bond donors (Lipinski definition) is 0. The van der Waals surface area contributed by atoms with Crippen LogP contribution in [-0.2, 0) is 9.53 Å². The minimum absolute atomic E-state index is 0.248. The van der Waals surface area contributed by atoms with E-state index >= 15 is 0 Å².